The summed E-state index contributed by atoms with van der Waals surface area (Å²) in [5, 5.41) is 2.19. The van der Waals surface area contributed by atoms with E-state index < -0.39 is 18.0 Å². The summed E-state index contributed by atoms with van der Waals surface area (Å²) in [4.78, 5) is 42.7. The maximum Gasteiger partial charge on any atom is 0.573 e. The lowest BCUT2D eigenvalue weighted by Gasteiger charge is -2.08. The minimum atomic E-state index is -4.72. The molecule has 16 heteroatoms. The summed E-state index contributed by atoms with van der Waals surface area (Å²) in [6.07, 6.45) is 2.64. The lowest BCUT2D eigenvalue weighted by atomic mass is 10.1. The van der Waals surface area contributed by atoms with Crippen molar-refractivity contribution in [1.29, 1.82) is 0 Å². The Labute approximate surface area is 426 Å². The number of aryl methyl sites for hydroxylation is 2. The summed E-state index contributed by atoms with van der Waals surface area (Å²) in [5.41, 5.74) is 12.3. The van der Waals surface area contributed by atoms with Crippen molar-refractivity contribution >= 4 is 32.8 Å². The minimum absolute atomic E-state index is 0.121. The molecule has 0 bridgehead atoms. The van der Waals surface area contributed by atoms with Crippen molar-refractivity contribution in [1.82, 2.24) is 49.8 Å². The number of nitrogens with zero attached hydrogens (tertiary/aromatic N) is 8. The Kier molecular flexibility index (Phi) is 14.2. The highest BCUT2D eigenvalue weighted by atomic mass is 19.4. The number of rotatable bonds is 9. The van der Waals surface area contributed by atoms with E-state index in [9.17, 15) is 22.0 Å². The molecule has 0 spiro atoms. The average Bonchev–Trinajstić information content (AvgIpc) is 4.05. The fraction of sp³-hybridized carbons (Fsp3) is 0.0847. The Balaban J connectivity index is 0.000000144. The van der Waals surface area contributed by atoms with Crippen LogP contribution in [0.15, 0.2) is 189 Å². The SMILES string of the molecule is Cc1cccc(-c2[nH]c(Cc3ccc(OC(F)(F)F)cc3)nc2-c2ccc3ncccc3c2)n1.Cc1cccc(-c2[nH]c(Cc3cccc(F)c3F)nc2-c2ccc3nccnc3c2)n1.c1ccc2ncccc2c1. The predicted octanol–water partition coefficient (Wildman–Crippen LogP) is 14.0. The zero-order valence-electron chi connectivity index (χ0n) is 40.2. The van der Waals surface area contributed by atoms with Gasteiger partial charge < -0.3 is 14.7 Å². The van der Waals surface area contributed by atoms with E-state index in [4.69, 9.17) is 9.97 Å². The molecule has 12 rings (SSSR count). The molecule has 75 heavy (non-hydrogen) atoms. The van der Waals surface area contributed by atoms with Crippen LogP contribution in [-0.2, 0) is 12.8 Å². The van der Waals surface area contributed by atoms with Gasteiger partial charge in [0.1, 0.15) is 17.4 Å². The second-order valence-electron chi connectivity index (χ2n) is 17.3. The highest BCUT2D eigenvalue weighted by Crippen LogP contribution is 2.34. The monoisotopic (exact) mass is 1000 g/mol. The predicted molar refractivity (Wildman–Crippen MR) is 279 cm³/mol. The summed E-state index contributed by atoms with van der Waals surface area (Å²) >= 11 is 0. The third-order valence-electron chi connectivity index (χ3n) is 11.8. The zero-order valence-corrected chi connectivity index (χ0v) is 40.2. The molecule has 0 aliphatic carbocycles. The molecule has 0 saturated heterocycles. The molecule has 0 fully saturated rings. The third-order valence-corrected chi connectivity index (χ3v) is 11.8. The molecule has 11 nitrogen and oxygen atoms in total. The van der Waals surface area contributed by atoms with Crippen LogP contribution >= 0.6 is 0 Å². The van der Waals surface area contributed by atoms with E-state index in [1.807, 2.05) is 129 Å². The van der Waals surface area contributed by atoms with Gasteiger partial charge in [-0.1, -0.05) is 78.9 Å². The van der Waals surface area contributed by atoms with Crippen LogP contribution in [0.5, 0.6) is 5.75 Å². The first-order chi connectivity index (χ1) is 36.4. The number of benzene rings is 5. The molecule has 0 atom stereocenters. The lowest BCUT2D eigenvalue weighted by Crippen LogP contribution is -2.17. The van der Waals surface area contributed by atoms with Crippen molar-refractivity contribution in [3.63, 3.8) is 0 Å². The molecule has 0 unspecified atom stereocenters. The van der Waals surface area contributed by atoms with E-state index >= 15 is 0 Å². The van der Waals surface area contributed by atoms with Crippen LogP contribution in [-0.4, -0.2) is 56.2 Å². The van der Waals surface area contributed by atoms with E-state index in [0.29, 0.717) is 35.2 Å². The van der Waals surface area contributed by atoms with Gasteiger partial charge in [-0.05, 0) is 110 Å². The minimum Gasteiger partial charge on any atom is -0.406 e. The van der Waals surface area contributed by atoms with Crippen LogP contribution in [0.4, 0.5) is 22.0 Å². The molecule has 0 radical (unpaired) electrons. The zero-order chi connectivity index (χ0) is 51.9. The second kappa shape index (κ2) is 21.6. The number of hydrogen-bond donors (Lipinski definition) is 2. The second-order valence-corrected chi connectivity index (χ2v) is 17.3. The highest BCUT2D eigenvalue weighted by Gasteiger charge is 2.31. The Hall–Kier alpha value is -9.57. The van der Waals surface area contributed by atoms with Crippen LogP contribution in [0.1, 0.15) is 34.2 Å². The number of aromatic amines is 2. The smallest absolute Gasteiger partial charge is 0.406 e. The fourth-order valence-corrected chi connectivity index (χ4v) is 8.38. The van der Waals surface area contributed by atoms with Crippen molar-refractivity contribution < 1.29 is 26.7 Å². The Morgan fingerprint density at radius 3 is 1.65 bits per heavy atom. The van der Waals surface area contributed by atoms with Gasteiger partial charge in [-0.3, -0.25) is 29.9 Å². The number of fused-ring (bicyclic) bond motifs is 3. The van der Waals surface area contributed by atoms with Gasteiger partial charge in [0.15, 0.2) is 11.6 Å². The molecule has 12 aromatic rings. The van der Waals surface area contributed by atoms with Crippen LogP contribution in [0.3, 0.4) is 0 Å². The van der Waals surface area contributed by atoms with Gasteiger partial charge in [0.2, 0.25) is 0 Å². The summed E-state index contributed by atoms with van der Waals surface area (Å²) in [6, 6.07) is 49.0. The highest BCUT2D eigenvalue weighted by molar-refractivity contribution is 5.87. The number of pyridine rings is 4. The number of ether oxygens (including phenoxy) is 1. The first-order valence-electron chi connectivity index (χ1n) is 23.6. The Bertz CT molecular complexity index is 3890. The van der Waals surface area contributed by atoms with E-state index in [-0.39, 0.29) is 17.7 Å². The number of hydrogen-bond acceptors (Lipinski definition) is 9. The molecule has 0 aliphatic heterocycles. The van der Waals surface area contributed by atoms with E-state index in [1.165, 1.54) is 23.6 Å². The van der Waals surface area contributed by atoms with Crippen LogP contribution < -0.4 is 4.74 Å². The fourth-order valence-electron chi connectivity index (χ4n) is 8.38. The van der Waals surface area contributed by atoms with Crippen LogP contribution in [0.25, 0.3) is 78.1 Å². The van der Waals surface area contributed by atoms with Gasteiger partial charge in [-0.15, -0.1) is 13.2 Å². The molecule has 0 saturated carbocycles. The Morgan fingerprint density at radius 1 is 0.467 bits per heavy atom. The number of halogens is 5. The lowest BCUT2D eigenvalue weighted by molar-refractivity contribution is -0.274. The van der Waals surface area contributed by atoms with Crippen molar-refractivity contribution in [2.75, 3.05) is 0 Å². The first-order valence-corrected chi connectivity index (χ1v) is 23.6. The molecule has 7 aromatic heterocycles. The molecule has 7 heterocycles. The maximum absolute atomic E-state index is 14.2. The number of imidazole rings is 2. The largest absolute Gasteiger partial charge is 0.573 e. The Morgan fingerprint density at radius 2 is 1.01 bits per heavy atom. The van der Waals surface area contributed by atoms with Crippen molar-refractivity contribution in [3.8, 4) is 51.0 Å². The normalized spacial score (nSPS) is 11.2. The molecule has 370 valence electrons. The molecule has 0 aliphatic rings. The summed E-state index contributed by atoms with van der Waals surface area (Å²) in [6.45, 7) is 3.83. The van der Waals surface area contributed by atoms with Gasteiger partial charge in [-0.2, -0.15) is 0 Å². The van der Waals surface area contributed by atoms with E-state index in [2.05, 4.69) is 56.7 Å². The molecular weight excluding hydrogens is 960 g/mol. The molecule has 2 N–H and O–H groups in total. The van der Waals surface area contributed by atoms with Crippen molar-refractivity contribution in [2.45, 2.75) is 33.1 Å². The van der Waals surface area contributed by atoms with Gasteiger partial charge in [-0.25, -0.2) is 18.7 Å². The summed E-state index contributed by atoms with van der Waals surface area (Å²) in [5.74, 6) is -0.818. The third kappa shape index (κ3) is 11.9. The molecule has 5 aromatic carbocycles. The number of H-pyrrole nitrogens is 2. The maximum atomic E-state index is 14.2. The number of nitrogens with one attached hydrogen (secondary N) is 2. The molecular formula is C59H43F5N10O. The van der Waals surface area contributed by atoms with Gasteiger partial charge in [0.25, 0.3) is 0 Å². The average molecular weight is 1000 g/mol. The van der Waals surface area contributed by atoms with Gasteiger partial charge >= 0.3 is 6.36 Å². The van der Waals surface area contributed by atoms with Crippen molar-refractivity contribution in [3.05, 3.63) is 234 Å². The van der Waals surface area contributed by atoms with Crippen LogP contribution in [0.2, 0.25) is 0 Å². The topological polar surface area (TPSA) is 144 Å². The van der Waals surface area contributed by atoms with Gasteiger partial charge in [0, 0.05) is 70.9 Å². The summed E-state index contributed by atoms with van der Waals surface area (Å²) in [7, 11) is 0. The number of aromatic nitrogens is 10. The van der Waals surface area contributed by atoms with E-state index in [1.54, 1.807) is 36.8 Å². The first kappa shape index (κ1) is 49.0. The van der Waals surface area contributed by atoms with Crippen molar-refractivity contribution in [2.24, 2.45) is 0 Å². The quantitative estimate of drug-likeness (QED) is 0.135. The van der Waals surface area contributed by atoms with Gasteiger partial charge in [0.05, 0.1) is 56.2 Å². The number of para-hydroxylation sites is 1. The number of alkyl halides is 3. The summed E-state index contributed by atoms with van der Waals surface area (Å²) < 4.78 is 69.2. The van der Waals surface area contributed by atoms with E-state index in [0.717, 1.165) is 78.7 Å². The molecule has 0 amide bonds. The standard InChI is InChI=1S/C26H19F3N4O.C24H17F2N5.C9H7N/c1-16-4-2-6-22(31-16)25-24(19-9-12-21-18(15-19)5-3-13-30-21)32-23(33-25)14-17-7-10-20(11-8-17)34-26(27,28)29;1-14-4-2-7-19(29-14)24-23(16-8-9-18-20(12-16)28-11-10-27-18)30-21(31-24)13-15-5-3-6-17(25)22(15)26;1-2-6-9-8(4-1)5-3-7-10-9/h2-13,15H,14H2,1H3,(H,32,33);2-12H,13H2,1H3,(H,30,31);1-7H. The van der Waals surface area contributed by atoms with Crippen LogP contribution in [0, 0.1) is 25.5 Å².